The second-order valence-corrected chi connectivity index (χ2v) is 3.83. The first-order valence-electron chi connectivity index (χ1n) is 5.08. The van der Waals surface area contributed by atoms with Crippen molar-refractivity contribution in [1.82, 2.24) is 0 Å². The van der Waals surface area contributed by atoms with Crippen molar-refractivity contribution in [2.24, 2.45) is 17.6 Å². The van der Waals surface area contributed by atoms with Crippen LogP contribution in [0, 0.1) is 11.8 Å². The zero-order valence-electron chi connectivity index (χ0n) is 7.68. The van der Waals surface area contributed by atoms with Crippen LogP contribution in [-0.4, -0.2) is 6.54 Å². The van der Waals surface area contributed by atoms with E-state index in [-0.39, 0.29) is 0 Å². The Hall–Kier alpha value is -0.0400. The highest BCUT2D eigenvalue weighted by Crippen LogP contribution is 2.32. The molecule has 1 fully saturated rings. The third kappa shape index (κ3) is 2.48. The smallest absolute Gasteiger partial charge is 0.00462 e. The summed E-state index contributed by atoms with van der Waals surface area (Å²) in [5, 5.41) is 0. The molecule has 1 aliphatic rings. The molecule has 1 aliphatic carbocycles. The highest BCUT2D eigenvalue weighted by molar-refractivity contribution is 4.75. The van der Waals surface area contributed by atoms with Gasteiger partial charge in [0.25, 0.3) is 0 Å². The van der Waals surface area contributed by atoms with Crippen LogP contribution in [0.1, 0.15) is 45.4 Å². The summed E-state index contributed by atoms with van der Waals surface area (Å²) in [6.45, 7) is 3.20. The molecule has 0 heterocycles. The fourth-order valence-electron chi connectivity index (χ4n) is 2.35. The van der Waals surface area contributed by atoms with E-state index < -0.39 is 0 Å². The molecule has 0 spiro atoms. The minimum absolute atomic E-state index is 0.851. The molecule has 0 unspecified atom stereocenters. The van der Waals surface area contributed by atoms with Crippen molar-refractivity contribution in [2.45, 2.75) is 45.4 Å². The van der Waals surface area contributed by atoms with Crippen molar-refractivity contribution < 1.29 is 0 Å². The van der Waals surface area contributed by atoms with Crippen molar-refractivity contribution in [3.8, 4) is 0 Å². The summed E-state index contributed by atoms with van der Waals surface area (Å²) < 4.78 is 0. The third-order valence-corrected chi connectivity index (χ3v) is 3.03. The largest absolute Gasteiger partial charge is 0.330 e. The molecular formula is C10H21N. The van der Waals surface area contributed by atoms with E-state index in [1.165, 1.54) is 38.5 Å². The predicted octanol–water partition coefficient (Wildman–Crippen LogP) is 2.55. The van der Waals surface area contributed by atoms with E-state index in [4.69, 9.17) is 5.73 Å². The van der Waals surface area contributed by atoms with Gasteiger partial charge in [0, 0.05) is 0 Å². The predicted molar refractivity (Wildman–Crippen MR) is 49.4 cm³/mol. The standard InChI is InChI=1S/C10H21N/c1-2-5-9-6-3-4-7-10(9)8-11/h9-10H,2-8,11H2,1H3/t9-,10-/m0/s1. The molecule has 2 N–H and O–H groups in total. The van der Waals surface area contributed by atoms with Gasteiger partial charge in [-0.05, 0) is 24.8 Å². The minimum atomic E-state index is 0.851. The second kappa shape index (κ2) is 4.76. The van der Waals surface area contributed by atoms with Crippen LogP contribution in [0.2, 0.25) is 0 Å². The topological polar surface area (TPSA) is 26.0 Å². The van der Waals surface area contributed by atoms with Crippen LogP contribution in [0.25, 0.3) is 0 Å². The van der Waals surface area contributed by atoms with E-state index in [2.05, 4.69) is 6.92 Å². The van der Waals surface area contributed by atoms with Gasteiger partial charge in [-0.1, -0.05) is 39.0 Å². The van der Waals surface area contributed by atoms with Gasteiger partial charge >= 0.3 is 0 Å². The van der Waals surface area contributed by atoms with E-state index in [0.29, 0.717) is 0 Å². The van der Waals surface area contributed by atoms with Gasteiger partial charge in [0.15, 0.2) is 0 Å². The molecule has 66 valence electrons. The molecule has 1 saturated carbocycles. The summed E-state index contributed by atoms with van der Waals surface area (Å²) in [5.74, 6) is 1.81. The molecule has 1 rings (SSSR count). The highest BCUT2D eigenvalue weighted by Gasteiger charge is 2.22. The molecule has 0 saturated heterocycles. The molecule has 0 aliphatic heterocycles. The van der Waals surface area contributed by atoms with E-state index in [9.17, 15) is 0 Å². The molecule has 0 bridgehead atoms. The molecule has 2 atom stereocenters. The molecule has 0 aromatic carbocycles. The van der Waals surface area contributed by atoms with Crippen molar-refractivity contribution in [3.05, 3.63) is 0 Å². The first kappa shape index (κ1) is 9.05. The lowest BCUT2D eigenvalue weighted by Crippen LogP contribution is -2.26. The van der Waals surface area contributed by atoms with Gasteiger partial charge in [0.05, 0.1) is 0 Å². The van der Waals surface area contributed by atoms with Gasteiger partial charge in [-0.2, -0.15) is 0 Å². The Morgan fingerprint density at radius 2 is 1.82 bits per heavy atom. The SMILES string of the molecule is CCC[C@H]1CCCC[C@H]1CN. The lowest BCUT2D eigenvalue weighted by molar-refractivity contribution is 0.229. The summed E-state index contributed by atoms with van der Waals surface area (Å²) in [4.78, 5) is 0. The van der Waals surface area contributed by atoms with Gasteiger partial charge in [0.1, 0.15) is 0 Å². The fourth-order valence-corrected chi connectivity index (χ4v) is 2.35. The van der Waals surface area contributed by atoms with Crippen molar-refractivity contribution >= 4 is 0 Å². The van der Waals surface area contributed by atoms with Crippen LogP contribution in [0.4, 0.5) is 0 Å². The second-order valence-electron chi connectivity index (χ2n) is 3.83. The number of hydrogen-bond donors (Lipinski definition) is 1. The maximum Gasteiger partial charge on any atom is -0.00462 e. The zero-order valence-corrected chi connectivity index (χ0v) is 7.68. The van der Waals surface area contributed by atoms with E-state index >= 15 is 0 Å². The van der Waals surface area contributed by atoms with Crippen LogP contribution < -0.4 is 5.73 Å². The molecule has 11 heavy (non-hydrogen) atoms. The van der Waals surface area contributed by atoms with Gasteiger partial charge < -0.3 is 5.73 Å². The lowest BCUT2D eigenvalue weighted by Gasteiger charge is -2.30. The Bertz CT molecular complexity index is 99.0. The number of nitrogens with two attached hydrogens (primary N) is 1. The average molecular weight is 155 g/mol. The molecule has 0 amide bonds. The Morgan fingerprint density at radius 1 is 1.18 bits per heavy atom. The van der Waals surface area contributed by atoms with Gasteiger partial charge in [-0.3, -0.25) is 0 Å². The van der Waals surface area contributed by atoms with E-state index in [1.54, 1.807) is 0 Å². The Labute approximate surface area is 70.4 Å². The van der Waals surface area contributed by atoms with E-state index in [0.717, 1.165) is 18.4 Å². The number of rotatable bonds is 3. The summed E-state index contributed by atoms with van der Waals surface area (Å²) in [7, 11) is 0. The summed E-state index contributed by atoms with van der Waals surface area (Å²) in [6.07, 6.45) is 8.43. The lowest BCUT2D eigenvalue weighted by atomic mass is 9.77. The van der Waals surface area contributed by atoms with Crippen molar-refractivity contribution in [2.75, 3.05) is 6.54 Å². The zero-order chi connectivity index (χ0) is 8.10. The first-order valence-corrected chi connectivity index (χ1v) is 5.08. The summed E-state index contributed by atoms with van der Waals surface area (Å²) in [6, 6.07) is 0. The van der Waals surface area contributed by atoms with Crippen LogP contribution in [0.5, 0.6) is 0 Å². The molecular weight excluding hydrogens is 134 g/mol. The molecule has 1 heteroatoms. The van der Waals surface area contributed by atoms with Crippen molar-refractivity contribution in [1.29, 1.82) is 0 Å². The van der Waals surface area contributed by atoms with Gasteiger partial charge in [0.2, 0.25) is 0 Å². The van der Waals surface area contributed by atoms with Crippen LogP contribution >= 0.6 is 0 Å². The van der Waals surface area contributed by atoms with Gasteiger partial charge in [-0.25, -0.2) is 0 Å². The Morgan fingerprint density at radius 3 is 2.36 bits per heavy atom. The quantitative estimate of drug-likeness (QED) is 0.666. The maximum absolute atomic E-state index is 5.72. The first-order chi connectivity index (χ1) is 5.38. The Balaban J connectivity index is 2.31. The minimum Gasteiger partial charge on any atom is -0.330 e. The molecule has 0 aromatic rings. The highest BCUT2D eigenvalue weighted by atomic mass is 14.6. The molecule has 1 nitrogen and oxygen atoms in total. The Kier molecular flexibility index (Phi) is 3.92. The summed E-state index contributed by atoms with van der Waals surface area (Å²) in [5.41, 5.74) is 5.72. The fraction of sp³-hybridized carbons (Fsp3) is 1.00. The van der Waals surface area contributed by atoms with E-state index in [1.807, 2.05) is 0 Å². The van der Waals surface area contributed by atoms with Crippen molar-refractivity contribution in [3.63, 3.8) is 0 Å². The van der Waals surface area contributed by atoms with Crippen LogP contribution in [0.15, 0.2) is 0 Å². The monoisotopic (exact) mass is 155 g/mol. The maximum atomic E-state index is 5.72. The average Bonchev–Trinajstić information content (AvgIpc) is 2.06. The normalized spacial score (nSPS) is 32.2. The number of hydrogen-bond acceptors (Lipinski definition) is 1. The third-order valence-electron chi connectivity index (χ3n) is 3.03. The van der Waals surface area contributed by atoms with Gasteiger partial charge in [-0.15, -0.1) is 0 Å². The van der Waals surface area contributed by atoms with Crippen LogP contribution in [0.3, 0.4) is 0 Å². The molecule has 0 aromatic heterocycles. The molecule has 0 radical (unpaired) electrons. The summed E-state index contributed by atoms with van der Waals surface area (Å²) >= 11 is 0. The van der Waals surface area contributed by atoms with Crippen LogP contribution in [-0.2, 0) is 0 Å².